The van der Waals surface area contributed by atoms with Crippen molar-refractivity contribution in [2.45, 2.75) is 26.8 Å². The summed E-state index contributed by atoms with van der Waals surface area (Å²) in [5, 5.41) is 0. The van der Waals surface area contributed by atoms with Gasteiger partial charge in [-0.3, -0.25) is 14.5 Å². The largest absolute Gasteiger partial charge is 0.493 e. The summed E-state index contributed by atoms with van der Waals surface area (Å²) in [6.45, 7) is 6.82. The predicted octanol–water partition coefficient (Wildman–Crippen LogP) is 4.45. The fraction of sp³-hybridized carbons (Fsp3) is 0.333. The lowest BCUT2D eigenvalue weighted by Crippen LogP contribution is -2.38. The summed E-state index contributed by atoms with van der Waals surface area (Å²) in [5.74, 6) is -0.214. The molecule has 10 heteroatoms. The van der Waals surface area contributed by atoms with Crippen LogP contribution in [0, 0.1) is 0 Å². The van der Waals surface area contributed by atoms with Crippen LogP contribution in [0.4, 0.5) is 0 Å². The molecule has 196 valence electrons. The van der Waals surface area contributed by atoms with Crippen molar-refractivity contribution in [1.82, 2.24) is 9.80 Å². The molecular weight excluding hydrogens is 512 g/mol. The van der Waals surface area contributed by atoms with Crippen molar-refractivity contribution in [1.29, 1.82) is 0 Å². The number of rotatable bonds is 11. The molecule has 0 N–H and O–H groups in total. The van der Waals surface area contributed by atoms with Crippen LogP contribution in [0.25, 0.3) is 6.08 Å². The highest BCUT2D eigenvalue weighted by atomic mass is 32.2. The van der Waals surface area contributed by atoms with Crippen molar-refractivity contribution < 1.29 is 28.6 Å². The second-order valence-corrected chi connectivity index (χ2v) is 9.56. The molecule has 37 heavy (non-hydrogen) atoms. The number of esters is 1. The monoisotopic (exact) mass is 542 g/mol. The number of benzene rings is 2. The topological polar surface area (TPSA) is 85.4 Å². The number of ether oxygens (including phenoxy) is 3. The Morgan fingerprint density at radius 1 is 1.08 bits per heavy atom. The molecule has 2 aromatic carbocycles. The third-order valence-electron chi connectivity index (χ3n) is 5.66. The molecule has 0 radical (unpaired) electrons. The highest BCUT2D eigenvalue weighted by Gasteiger charge is 2.42. The summed E-state index contributed by atoms with van der Waals surface area (Å²) in [7, 11) is 1.50. The Morgan fingerprint density at radius 2 is 1.78 bits per heavy atom. The summed E-state index contributed by atoms with van der Waals surface area (Å²) >= 11 is 6.61. The van der Waals surface area contributed by atoms with Gasteiger partial charge in [-0.2, -0.15) is 0 Å². The molecule has 0 spiro atoms. The van der Waals surface area contributed by atoms with Gasteiger partial charge in [0.25, 0.3) is 11.8 Å². The predicted molar refractivity (Wildman–Crippen MR) is 147 cm³/mol. The first-order valence-electron chi connectivity index (χ1n) is 11.9. The Hall–Kier alpha value is -3.37. The zero-order valence-corrected chi connectivity index (χ0v) is 22.9. The molecule has 1 fully saturated rings. The molecule has 8 nitrogen and oxygen atoms in total. The van der Waals surface area contributed by atoms with Crippen LogP contribution in [0.2, 0.25) is 0 Å². The third kappa shape index (κ3) is 6.69. The summed E-state index contributed by atoms with van der Waals surface area (Å²) in [4.78, 5) is 41.9. The van der Waals surface area contributed by atoms with E-state index in [9.17, 15) is 14.4 Å². The number of likely N-dealkylation sites (N-methyl/N-ethyl adjacent to an activating group) is 1. The van der Waals surface area contributed by atoms with Crippen LogP contribution < -0.4 is 9.47 Å². The quantitative estimate of drug-likeness (QED) is 0.234. The minimum absolute atomic E-state index is 0.106. The Labute approximate surface area is 226 Å². The van der Waals surface area contributed by atoms with Gasteiger partial charge in [-0.1, -0.05) is 60.4 Å². The van der Waals surface area contributed by atoms with Gasteiger partial charge in [0, 0.05) is 13.1 Å². The molecule has 1 aliphatic rings. The maximum absolute atomic E-state index is 13.4. The van der Waals surface area contributed by atoms with Crippen LogP contribution in [0.5, 0.6) is 11.5 Å². The van der Waals surface area contributed by atoms with E-state index in [1.54, 1.807) is 60.4 Å². The van der Waals surface area contributed by atoms with Crippen LogP contribution in [0.1, 0.15) is 37.9 Å². The zero-order chi connectivity index (χ0) is 26.9. The van der Waals surface area contributed by atoms with E-state index >= 15 is 0 Å². The highest BCUT2D eigenvalue weighted by molar-refractivity contribution is 8.26. The second kappa shape index (κ2) is 13.3. The van der Waals surface area contributed by atoms with Gasteiger partial charge >= 0.3 is 5.97 Å². The van der Waals surface area contributed by atoms with Crippen molar-refractivity contribution in [2.75, 3.05) is 33.4 Å². The van der Waals surface area contributed by atoms with Gasteiger partial charge in [0.2, 0.25) is 0 Å². The fourth-order valence-electron chi connectivity index (χ4n) is 3.80. The van der Waals surface area contributed by atoms with Crippen LogP contribution in [-0.4, -0.2) is 65.3 Å². The lowest BCUT2D eigenvalue weighted by Gasteiger charge is -2.25. The summed E-state index contributed by atoms with van der Waals surface area (Å²) < 4.78 is 16.7. The van der Waals surface area contributed by atoms with Crippen molar-refractivity contribution >= 4 is 52.2 Å². The van der Waals surface area contributed by atoms with Crippen LogP contribution in [0.3, 0.4) is 0 Å². The summed E-state index contributed by atoms with van der Waals surface area (Å²) in [5.41, 5.74) is 1.29. The Balaban J connectivity index is 1.84. The van der Waals surface area contributed by atoms with E-state index in [1.807, 2.05) is 19.9 Å². The highest BCUT2D eigenvalue weighted by Crippen LogP contribution is 2.39. The Morgan fingerprint density at radius 3 is 2.41 bits per heavy atom. The van der Waals surface area contributed by atoms with E-state index in [4.69, 9.17) is 26.4 Å². The number of hydrogen-bond acceptors (Lipinski definition) is 8. The summed E-state index contributed by atoms with van der Waals surface area (Å²) in [6, 6.07) is 13.1. The minimum Gasteiger partial charge on any atom is -0.493 e. The third-order valence-corrected chi connectivity index (χ3v) is 6.99. The molecule has 1 heterocycles. The number of hydrogen-bond donors (Lipinski definition) is 0. The smallest absolute Gasteiger partial charge is 0.333 e. The van der Waals surface area contributed by atoms with E-state index in [2.05, 4.69) is 0 Å². The van der Waals surface area contributed by atoms with E-state index in [0.29, 0.717) is 40.6 Å². The van der Waals surface area contributed by atoms with Gasteiger partial charge in [-0.05, 0) is 50.1 Å². The molecule has 2 aromatic rings. The van der Waals surface area contributed by atoms with E-state index in [1.165, 1.54) is 12.0 Å². The van der Waals surface area contributed by atoms with Gasteiger partial charge in [-0.25, -0.2) is 4.79 Å². The van der Waals surface area contributed by atoms with E-state index in [0.717, 1.165) is 11.8 Å². The molecule has 1 saturated heterocycles. The number of amides is 2. The van der Waals surface area contributed by atoms with Crippen LogP contribution in [-0.2, 0) is 19.1 Å². The molecule has 0 saturated carbocycles. The molecule has 1 atom stereocenters. The molecule has 1 unspecified atom stereocenters. The van der Waals surface area contributed by atoms with E-state index < -0.39 is 12.0 Å². The van der Waals surface area contributed by atoms with Crippen molar-refractivity contribution in [2.24, 2.45) is 0 Å². The first kappa shape index (κ1) is 28.2. The maximum Gasteiger partial charge on any atom is 0.333 e. The lowest BCUT2D eigenvalue weighted by atomic mass is 10.1. The average Bonchev–Trinajstić information content (AvgIpc) is 3.17. The maximum atomic E-state index is 13.4. The number of thioether (sulfide) groups is 1. The fourth-order valence-corrected chi connectivity index (χ4v) is 5.11. The Kier molecular flexibility index (Phi) is 10.1. The SMILES string of the molecule is CCOC(=O)C(c1ccccc1)N1C(=O)/C(=C\c2ccc(OCC(=O)N(CC)CC)c(OC)c2)SC1=S. The summed E-state index contributed by atoms with van der Waals surface area (Å²) in [6.07, 6.45) is 1.68. The van der Waals surface area contributed by atoms with Gasteiger partial charge in [-0.15, -0.1) is 0 Å². The molecule has 2 amide bonds. The van der Waals surface area contributed by atoms with Gasteiger partial charge < -0.3 is 19.1 Å². The Bertz CT molecular complexity index is 1180. The van der Waals surface area contributed by atoms with Gasteiger partial charge in [0.1, 0.15) is 4.32 Å². The number of carbonyl (C=O) groups excluding carboxylic acids is 3. The average molecular weight is 543 g/mol. The zero-order valence-electron chi connectivity index (χ0n) is 21.3. The number of methoxy groups -OCH3 is 1. The van der Waals surface area contributed by atoms with Crippen LogP contribution >= 0.6 is 24.0 Å². The molecule has 0 aromatic heterocycles. The standard InChI is InChI=1S/C27H30N2O6S2/c1-5-28(6-2)23(30)17-35-20-14-13-18(15-21(20)33-4)16-22-25(31)29(27(36)37-22)24(26(32)34-7-3)19-11-9-8-10-12-19/h8-16,24H,5-7,17H2,1-4H3/b22-16+. The van der Waals surface area contributed by atoms with Crippen LogP contribution in [0.15, 0.2) is 53.4 Å². The normalized spacial score (nSPS) is 15.0. The molecule has 0 aliphatic carbocycles. The van der Waals surface area contributed by atoms with Gasteiger partial charge in [0.05, 0.1) is 18.6 Å². The minimum atomic E-state index is -0.979. The molecule has 1 aliphatic heterocycles. The molecule has 3 rings (SSSR count). The first-order chi connectivity index (χ1) is 17.8. The number of carbonyl (C=O) groups is 3. The lowest BCUT2D eigenvalue weighted by molar-refractivity contribution is -0.151. The van der Waals surface area contributed by atoms with Crippen molar-refractivity contribution in [3.8, 4) is 11.5 Å². The molecule has 0 bridgehead atoms. The number of thiocarbonyl (C=S) groups is 1. The first-order valence-corrected chi connectivity index (χ1v) is 13.1. The number of nitrogens with zero attached hydrogens (tertiary/aromatic N) is 2. The van der Waals surface area contributed by atoms with E-state index in [-0.39, 0.29) is 29.3 Å². The second-order valence-electron chi connectivity index (χ2n) is 7.88. The van der Waals surface area contributed by atoms with Crippen molar-refractivity contribution in [3.63, 3.8) is 0 Å². The van der Waals surface area contributed by atoms with Crippen molar-refractivity contribution in [3.05, 3.63) is 64.6 Å². The molecular formula is C27H30N2O6S2. The van der Waals surface area contributed by atoms with Gasteiger partial charge in [0.15, 0.2) is 24.1 Å².